The summed E-state index contributed by atoms with van der Waals surface area (Å²) in [5.74, 6) is 0.184. The lowest BCUT2D eigenvalue weighted by Crippen LogP contribution is -2.28. The lowest BCUT2D eigenvalue weighted by Gasteiger charge is -2.37. The molecule has 1 aliphatic rings. The van der Waals surface area contributed by atoms with E-state index in [1.54, 1.807) is 0 Å². The first-order valence-corrected chi connectivity index (χ1v) is 9.52. The van der Waals surface area contributed by atoms with Gasteiger partial charge in [0.2, 0.25) is 0 Å². The quantitative estimate of drug-likeness (QED) is 0.750. The third-order valence-corrected chi connectivity index (χ3v) is 5.13. The average Bonchev–Trinajstić information content (AvgIpc) is 2.61. The van der Waals surface area contributed by atoms with Crippen molar-refractivity contribution in [3.05, 3.63) is 64.7 Å². The highest BCUT2D eigenvalue weighted by Gasteiger charge is 2.33. The van der Waals surface area contributed by atoms with E-state index in [1.165, 1.54) is 11.1 Å². The van der Waals surface area contributed by atoms with E-state index < -0.39 is 0 Å². The van der Waals surface area contributed by atoms with Gasteiger partial charge in [0.15, 0.2) is 0 Å². The monoisotopic (exact) mass is 351 g/mol. The van der Waals surface area contributed by atoms with Gasteiger partial charge < -0.3 is 10.1 Å². The van der Waals surface area contributed by atoms with Crippen LogP contribution in [0.2, 0.25) is 0 Å². The zero-order valence-electron chi connectivity index (χ0n) is 16.3. The minimum Gasteiger partial charge on any atom is -0.462 e. The maximum absolute atomic E-state index is 12.6. The number of carbonyl (C=O) groups excluding carboxylic acids is 1. The molecular weight excluding hydrogens is 322 g/mol. The molecule has 1 heterocycles. The van der Waals surface area contributed by atoms with Gasteiger partial charge in [-0.25, -0.2) is 4.79 Å². The second kappa shape index (κ2) is 7.53. The van der Waals surface area contributed by atoms with Gasteiger partial charge in [-0.05, 0) is 53.9 Å². The summed E-state index contributed by atoms with van der Waals surface area (Å²) < 4.78 is 5.34. The number of fused-ring (bicyclic) bond motifs is 1. The van der Waals surface area contributed by atoms with Gasteiger partial charge in [0.05, 0.1) is 17.9 Å². The van der Waals surface area contributed by atoms with Crippen molar-refractivity contribution >= 4 is 11.7 Å². The SMILES string of the molecule is CCOC(=O)c1cc(Cc2ccccc2)cc2c1NCCC2C(C)(C)C. The molecule has 3 rings (SSSR count). The number of benzene rings is 2. The van der Waals surface area contributed by atoms with Crippen molar-refractivity contribution in [2.24, 2.45) is 5.41 Å². The van der Waals surface area contributed by atoms with Crippen molar-refractivity contribution in [3.63, 3.8) is 0 Å². The highest BCUT2D eigenvalue weighted by atomic mass is 16.5. The van der Waals surface area contributed by atoms with Crippen molar-refractivity contribution < 1.29 is 9.53 Å². The van der Waals surface area contributed by atoms with E-state index in [0.29, 0.717) is 18.1 Å². The standard InChI is InChI=1S/C23H29NO2/c1-5-26-22(25)19-15-17(13-16-9-7-6-8-10-16)14-18-20(23(2,3)4)11-12-24-21(18)19/h6-10,14-15,20,24H,5,11-13H2,1-4H3. The Labute approximate surface area is 156 Å². The van der Waals surface area contributed by atoms with E-state index in [1.807, 2.05) is 19.1 Å². The minimum atomic E-state index is -0.235. The van der Waals surface area contributed by atoms with Gasteiger partial charge in [-0.2, -0.15) is 0 Å². The normalized spacial score (nSPS) is 16.5. The van der Waals surface area contributed by atoms with Crippen LogP contribution in [0, 0.1) is 5.41 Å². The molecule has 26 heavy (non-hydrogen) atoms. The number of esters is 1. The Morgan fingerprint density at radius 2 is 1.88 bits per heavy atom. The summed E-state index contributed by atoms with van der Waals surface area (Å²) in [6.07, 6.45) is 1.89. The molecule has 0 radical (unpaired) electrons. The Bertz CT molecular complexity index is 775. The van der Waals surface area contributed by atoms with Crippen LogP contribution in [-0.4, -0.2) is 19.1 Å². The fourth-order valence-electron chi connectivity index (χ4n) is 3.90. The zero-order valence-corrected chi connectivity index (χ0v) is 16.3. The predicted molar refractivity (Wildman–Crippen MR) is 107 cm³/mol. The maximum atomic E-state index is 12.6. The van der Waals surface area contributed by atoms with Crippen molar-refractivity contribution in [1.29, 1.82) is 0 Å². The minimum absolute atomic E-state index is 0.147. The van der Waals surface area contributed by atoms with E-state index >= 15 is 0 Å². The number of anilines is 1. The van der Waals surface area contributed by atoms with E-state index in [0.717, 1.165) is 30.6 Å². The van der Waals surface area contributed by atoms with Crippen LogP contribution in [0.15, 0.2) is 42.5 Å². The Morgan fingerprint density at radius 3 is 2.54 bits per heavy atom. The number of hydrogen-bond acceptors (Lipinski definition) is 3. The van der Waals surface area contributed by atoms with Crippen molar-refractivity contribution in [2.45, 2.75) is 46.5 Å². The summed E-state index contributed by atoms with van der Waals surface area (Å²) in [7, 11) is 0. The molecule has 3 nitrogen and oxygen atoms in total. The molecule has 2 aromatic carbocycles. The summed E-state index contributed by atoms with van der Waals surface area (Å²) in [6, 6.07) is 14.7. The molecule has 0 bridgehead atoms. The lowest BCUT2D eigenvalue weighted by molar-refractivity contribution is 0.0527. The number of carbonyl (C=O) groups is 1. The third kappa shape index (κ3) is 3.92. The Hall–Kier alpha value is -2.29. The van der Waals surface area contributed by atoms with E-state index in [2.05, 4.69) is 56.4 Å². The summed E-state index contributed by atoms with van der Waals surface area (Å²) in [5, 5.41) is 3.46. The molecular formula is C23H29NO2. The van der Waals surface area contributed by atoms with Crippen LogP contribution in [0.1, 0.15) is 67.1 Å². The van der Waals surface area contributed by atoms with Crippen LogP contribution in [0.5, 0.6) is 0 Å². The summed E-state index contributed by atoms with van der Waals surface area (Å²) in [5.41, 5.74) is 5.44. The van der Waals surface area contributed by atoms with Crippen LogP contribution < -0.4 is 5.32 Å². The summed E-state index contributed by atoms with van der Waals surface area (Å²) in [6.45, 7) is 9.96. The number of rotatable bonds is 4. The fourth-order valence-corrected chi connectivity index (χ4v) is 3.90. The highest BCUT2D eigenvalue weighted by molar-refractivity contribution is 5.97. The summed E-state index contributed by atoms with van der Waals surface area (Å²) >= 11 is 0. The first kappa shape index (κ1) is 18.5. The fraction of sp³-hybridized carbons (Fsp3) is 0.435. The van der Waals surface area contributed by atoms with Crippen molar-refractivity contribution in [1.82, 2.24) is 0 Å². The largest absolute Gasteiger partial charge is 0.462 e. The molecule has 0 fully saturated rings. The molecule has 2 aromatic rings. The van der Waals surface area contributed by atoms with Gasteiger partial charge in [0, 0.05) is 6.54 Å². The smallest absolute Gasteiger partial charge is 0.340 e. The maximum Gasteiger partial charge on any atom is 0.340 e. The first-order chi connectivity index (χ1) is 12.4. The first-order valence-electron chi connectivity index (χ1n) is 9.52. The summed E-state index contributed by atoms with van der Waals surface area (Å²) in [4.78, 5) is 12.6. The number of ether oxygens (including phenoxy) is 1. The highest BCUT2D eigenvalue weighted by Crippen LogP contribution is 2.45. The molecule has 0 saturated heterocycles. The Kier molecular flexibility index (Phi) is 5.36. The van der Waals surface area contributed by atoms with E-state index in [4.69, 9.17) is 4.74 Å². The van der Waals surface area contributed by atoms with Gasteiger partial charge in [0.1, 0.15) is 0 Å². The molecule has 0 spiro atoms. The van der Waals surface area contributed by atoms with Gasteiger partial charge in [-0.3, -0.25) is 0 Å². The van der Waals surface area contributed by atoms with E-state index in [-0.39, 0.29) is 11.4 Å². The van der Waals surface area contributed by atoms with Gasteiger partial charge in [-0.1, -0.05) is 57.2 Å². The second-order valence-electron chi connectivity index (χ2n) is 8.12. The molecule has 0 amide bonds. The molecule has 1 aliphatic heterocycles. The Morgan fingerprint density at radius 1 is 1.15 bits per heavy atom. The molecule has 1 unspecified atom stereocenters. The molecule has 138 valence electrons. The third-order valence-electron chi connectivity index (χ3n) is 5.13. The van der Waals surface area contributed by atoms with Crippen LogP contribution >= 0.6 is 0 Å². The van der Waals surface area contributed by atoms with Crippen LogP contribution in [-0.2, 0) is 11.2 Å². The van der Waals surface area contributed by atoms with Gasteiger partial charge in [0.25, 0.3) is 0 Å². The van der Waals surface area contributed by atoms with Gasteiger partial charge in [-0.15, -0.1) is 0 Å². The lowest BCUT2D eigenvalue weighted by atomic mass is 9.72. The number of nitrogens with one attached hydrogen (secondary N) is 1. The molecule has 0 saturated carbocycles. The molecule has 0 aliphatic carbocycles. The molecule has 0 aromatic heterocycles. The Balaban J connectivity index is 2.09. The van der Waals surface area contributed by atoms with Crippen LogP contribution in [0.25, 0.3) is 0 Å². The average molecular weight is 351 g/mol. The van der Waals surface area contributed by atoms with Crippen LogP contribution in [0.4, 0.5) is 5.69 Å². The van der Waals surface area contributed by atoms with Crippen molar-refractivity contribution in [3.8, 4) is 0 Å². The van der Waals surface area contributed by atoms with Crippen LogP contribution in [0.3, 0.4) is 0 Å². The molecule has 3 heteroatoms. The van der Waals surface area contributed by atoms with E-state index in [9.17, 15) is 4.79 Å². The number of hydrogen-bond donors (Lipinski definition) is 1. The topological polar surface area (TPSA) is 38.3 Å². The van der Waals surface area contributed by atoms with Gasteiger partial charge >= 0.3 is 5.97 Å². The zero-order chi connectivity index (χ0) is 18.7. The van der Waals surface area contributed by atoms with Crippen molar-refractivity contribution in [2.75, 3.05) is 18.5 Å². The molecule has 1 N–H and O–H groups in total. The predicted octanol–water partition coefficient (Wildman–Crippen LogP) is 5.40. The second-order valence-corrected chi connectivity index (χ2v) is 8.12. The molecule has 1 atom stereocenters.